The van der Waals surface area contributed by atoms with Gasteiger partial charge in [-0.2, -0.15) is 5.26 Å². The molecule has 1 aromatic rings. The minimum Gasteiger partial charge on any atom is -0.480 e. The molecule has 0 bridgehead atoms. The standard InChI is InChI=1S/C15H17N3O2/c1-9-5-6-18(13(9)15(19)20)14-11(8-16)7-10-3-2-4-12(10)17-14/h7,9,13H,2-6H2,1H3,(H,19,20). The maximum Gasteiger partial charge on any atom is 0.326 e. The van der Waals surface area contributed by atoms with Crippen LogP contribution in [0.5, 0.6) is 0 Å². The lowest BCUT2D eigenvalue weighted by Gasteiger charge is -2.25. The Morgan fingerprint density at radius 3 is 3.05 bits per heavy atom. The molecule has 0 aromatic carbocycles. The van der Waals surface area contributed by atoms with Crippen molar-refractivity contribution in [2.45, 2.75) is 38.6 Å². The number of rotatable bonds is 2. The number of aliphatic carboxylic acids is 1. The summed E-state index contributed by atoms with van der Waals surface area (Å²) in [6.07, 6.45) is 3.78. The molecule has 1 aliphatic heterocycles. The van der Waals surface area contributed by atoms with Gasteiger partial charge in [0.2, 0.25) is 0 Å². The van der Waals surface area contributed by atoms with E-state index in [-0.39, 0.29) is 5.92 Å². The predicted octanol–water partition coefficient (Wildman–Crippen LogP) is 1.74. The quantitative estimate of drug-likeness (QED) is 0.886. The van der Waals surface area contributed by atoms with Crippen LogP contribution >= 0.6 is 0 Å². The fourth-order valence-corrected chi connectivity index (χ4v) is 3.32. The Bertz CT molecular complexity index is 606. The molecule has 5 nitrogen and oxygen atoms in total. The maximum atomic E-state index is 11.5. The van der Waals surface area contributed by atoms with E-state index < -0.39 is 12.0 Å². The summed E-state index contributed by atoms with van der Waals surface area (Å²) in [5.41, 5.74) is 2.68. The van der Waals surface area contributed by atoms with Crippen LogP contribution in [0.3, 0.4) is 0 Å². The smallest absolute Gasteiger partial charge is 0.326 e. The van der Waals surface area contributed by atoms with Crippen molar-refractivity contribution in [2.24, 2.45) is 5.92 Å². The van der Waals surface area contributed by atoms with Crippen molar-refractivity contribution in [1.82, 2.24) is 4.98 Å². The molecule has 0 radical (unpaired) electrons. The van der Waals surface area contributed by atoms with E-state index in [4.69, 9.17) is 0 Å². The van der Waals surface area contributed by atoms with Gasteiger partial charge < -0.3 is 10.0 Å². The second-order valence-corrected chi connectivity index (χ2v) is 5.67. The zero-order valence-electron chi connectivity index (χ0n) is 11.5. The van der Waals surface area contributed by atoms with Crippen molar-refractivity contribution in [2.75, 3.05) is 11.4 Å². The zero-order chi connectivity index (χ0) is 14.3. The van der Waals surface area contributed by atoms with Crippen LogP contribution < -0.4 is 4.90 Å². The van der Waals surface area contributed by atoms with Gasteiger partial charge in [-0.05, 0) is 43.2 Å². The molecule has 0 amide bonds. The van der Waals surface area contributed by atoms with E-state index >= 15 is 0 Å². The number of aryl methyl sites for hydroxylation is 2. The second kappa shape index (κ2) is 4.78. The van der Waals surface area contributed by atoms with E-state index in [9.17, 15) is 15.2 Å². The summed E-state index contributed by atoms with van der Waals surface area (Å²) in [7, 11) is 0. The number of carboxylic acid groups (broad SMARTS) is 1. The lowest BCUT2D eigenvalue weighted by molar-refractivity contribution is -0.139. The summed E-state index contributed by atoms with van der Waals surface area (Å²) >= 11 is 0. The first-order valence-corrected chi connectivity index (χ1v) is 7.04. The van der Waals surface area contributed by atoms with Crippen LogP contribution in [0, 0.1) is 17.2 Å². The Kier molecular flexibility index (Phi) is 3.09. The minimum atomic E-state index is -0.832. The van der Waals surface area contributed by atoms with Crippen LogP contribution in [-0.4, -0.2) is 28.6 Å². The average Bonchev–Trinajstić information content (AvgIpc) is 3.02. The third kappa shape index (κ3) is 1.92. The van der Waals surface area contributed by atoms with E-state index in [1.807, 2.05) is 13.0 Å². The van der Waals surface area contributed by atoms with Crippen LogP contribution in [0.2, 0.25) is 0 Å². The van der Waals surface area contributed by atoms with Crippen molar-refractivity contribution in [3.05, 3.63) is 22.9 Å². The van der Waals surface area contributed by atoms with Crippen molar-refractivity contribution >= 4 is 11.8 Å². The van der Waals surface area contributed by atoms with Gasteiger partial charge in [0.05, 0.1) is 5.56 Å². The summed E-state index contributed by atoms with van der Waals surface area (Å²) in [5.74, 6) is -0.194. The van der Waals surface area contributed by atoms with E-state index in [2.05, 4.69) is 11.1 Å². The van der Waals surface area contributed by atoms with Crippen LogP contribution in [0.4, 0.5) is 5.82 Å². The average molecular weight is 271 g/mol. The van der Waals surface area contributed by atoms with Crippen molar-refractivity contribution in [3.8, 4) is 6.07 Å². The fourth-order valence-electron chi connectivity index (χ4n) is 3.32. The summed E-state index contributed by atoms with van der Waals surface area (Å²) in [6, 6.07) is 3.50. The van der Waals surface area contributed by atoms with Gasteiger partial charge in [0.25, 0.3) is 0 Å². The van der Waals surface area contributed by atoms with Gasteiger partial charge in [0, 0.05) is 12.2 Å². The molecule has 1 fully saturated rings. The Hall–Kier alpha value is -2.09. The highest BCUT2D eigenvalue weighted by atomic mass is 16.4. The van der Waals surface area contributed by atoms with Gasteiger partial charge >= 0.3 is 5.97 Å². The number of fused-ring (bicyclic) bond motifs is 1. The monoisotopic (exact) mass is 271 g/mol. The summed E-state index contributed by atoms with van der Waals surface area (Å²) in [5, 5.41) is 18.8. The molecule has 5 heteroatoms. The number of anilines is 1. The molecular formula is C15H17N3O2. The Morgan fingerprint density at radius 1 is 1.55 bits per heavy atom. The molecule has 2 unspecified atom stereocenters. The van der Waals surface area contributed by atoms with Crippen molar-refractivity contribution in [1.29, 1.82) is 5.26 Å². The lowest BCUT2D eigenvalue weighted by Crippen LogP contribution is -2.40. The first-order valence-electron chi connectivity index (χ1n) is 7.04. The van der Waals surface area contributed by atoms with Gasteiger partial charge in [-0.1, -0.05) is 6.92 Å². The summed E-state index contributed by atoms with van der Waals surface area (Å²) in [4.78, 5) is 17.9. The molecule has 1 N–H and O–H groups in total. The molecule has 104 valence electrons. The number of nitriles is 1. The minimum absolute atomic E-state index is 0.0779. The zero-order valence-corrected chi connectivity index (χ0v) is 11.5. The van der Waals surface area contributed by atoms with Crippen molar-refractivity contribution < 1.29 is 9.90 Å². The number of carbonyl (C=O) groups is 1. The highest BCUT2D eigenvalue weighted by Gasteiger charge is 2.38. The van der Waals surface area contributed by atoms with Crippen molar-refractivity contribution in [3.63, 3.8) is 0 Å². The van der Waals surface area contributed by atoms with Crippen LogP contribution in [0.1, 0.15) is 36.6 Å². The normalized spacial score (nSPS) is 24.5. The van der Waals surface area contributed by atoms with Crippen LogP contribution in [-0.2, 0) is 17.6 Å². The largest absolute Gasteiger partial charge is 0.480 e. The number of hydrogen-bond acceptors (Lipinski definition) is 4. The van der Waals surface area contributed by atoms with Gasteiger partial charge in [0.1, 0.15) is 17.9 Å². The van der Waals surface area contributed by atoms with E-state index in [1.54, 1.807) is 4.90 Å². The molecule has 0 saturated carbocycles. The number of nitrogens with zero attached hydrogens (tertiary/aromatic N) is 3. The molecule has 3 rings (SSSR count). The highest BCUT2D eigenvalue weighted by molar-refractivity contribution is 5.80. The van der Waals surface area contributed by atoms with E-state index in [0.29, 0.717) is 17.9 Å². The Labute approximate surface area is 117 Å². The molecule has 2 heterocycles. The predicted molar refractivity (Wildman–Crippen MR) is 73.5 cm³/mol. The number of hydrogen-bond donors (Lipinski definition) is 1. The Balaban J connectivity index is 2.06. The molecule has 0 spiro atoms. The summed E-state index contributed by atoms with van der Waals surface area (Å²) in [6.45, 7) is 2.59. The highest BCUT2D eigenvalue weighted by Crippen LogP contribution is 2.33. The first-order chi connectivity index (χ1) is 9.61. The third-order valence-corrected chi connectivity index (χ3v) is 4.38. The number of pyridine rings is 1. The molecule has 1 aliphatic carbocycles. The van der Waals surface area contributed by atoms with E-state index in [1.165, 1.54) is 0 Å². The fraction of sp³-hybridized carbons (Fsp3) is 0.533. The molecule has 2 atom stereocenters. The van der Waals surface area contributed by atoms with Crippen LogP contribution in [0.25, 0.3) is 0 Å². The molecule has 1 saturated heterocycles. The Morgan fingerprint density at radius 2 is 2.35 bits per heavy atom. The van der Waals surface area contributed by atoms with Gasteiger partial charge in [-0.25, -0.2) is 9.78 Å². The molecule has 20 heavy (non-hydrogen) atoms. The second-order valence-electron chi connectivity index (χ2n) is 5.67. The maximum absolute atomic E-state index is 11.5. The molecular weight excluding hydrogens is 254 g/mol. The molecule has 1 aromatic heterocycles. The topological polar surface area (TPSA) is 77.2 Å². The third-order valence-electron chi connectivity index (χ3n) is 4.38. The number of carboxylic acids is 1. The lowest BCUT2D eigenvalue weighted by atomic mass is 10.0. The number of aromatic nitrogens is 1. The van der Waals surface area contributed by atoms with Gasteiger partial charge in [-0.15, -0.1) is 0 Å². The summed E-state index contributed by atoms with van der Waals surface area (Å²) < 4.78 is 0. The SMILES string of the molecule is CC1CCN(c2nc3c(cc2C#N)CCC3)C1C(=O)O. The molecule has 2 aliphatic rings. The van der Waals surface area contributed by atoms with E-state index in [0.717, 1.165) is 36.9 Å². The van der Waals surface area contributed by atoms with Crippen LogP contribution in [0.15, 0.2) is 6.07 Å². The van der Waals surface area contributed by atoms with Gasteiger partial charge in [0.15, 0.2) is 0 Å². The van der Waals surface area contributed by atoms with Gasteiger partial charge in [-0.3, -0.25) is 0 Å². The first kappa shape index (κ1) is 12.9.